The molecule has 0 aliphatic carbocycles. The molecule has 1 aliphatic rings. The van der Waals surface area contributed by atoms with Gasteiger partial charge in [0.05, 0.1) is 11.8 Å². The molecule has 8 nitrogen and oxygen atoms in total. The fourth-order valence-electron chi connectivity index (χ4n) is 4.59. The summed E-state index contributed by atoms with van der Waals surface area (Å²) in [5.41, 5.74) is 1.32. The first-order valence-electron chi connectivity index (χ1n) is 10.5. The van der Waals surface area contributed by atoms with Crippen LogP contribution in [0.2, 0.25) is 0 Å². The SMILES string of the molecule is CN(c1cnc(-c2ccc(-c3ncccn3)cc2O)nn1)C1CC(C)(C)NC(C)(C)C1. The van der Waals surface area contributed by atoms with Gasteiger partial charge in [-0.1, -0.05) is 6.07 Å². The normalized spacial score (nSPS) is 18.0. The molecule has 31 heavy (non-hydrogen) atoms. The third kappa shape index (κ3) is 4.64. The van der Waals surface area contributed by atoms with Crippen molar-refractivity contribution in [3.63, 3.8) is 0 Å². The highest BCUT2D eigenvalue weighted by atomic mass is 16.3. The summed E-state index contributed by atoms with van der Waals surface area (Å²) in [6.07, 6.45) is 7.05. The number of nitrogens with zero attached hydrogens (tertiary/aromatic N) is 6. The number of benzene rings is 1. The van der Waals surface area contributed by atoms with Gasteiger partial charge in [0.15, 0.2) is 17.5 Å². The van der Waals surface area contributed by atoms with Crippen LogP contribution in [-0.2, 0) is 0 Å². The number of hydrogen-bond donors (Lipinski definition) is 2. The van der Waals surface area contributed by atoms with E-state index in [0.717, 1.165) is 24.2 Å². The molecule has 1 aliphatic heterocycles. The maximum Gasteiger partial charge on any atom is 0.185 e. The maximum absolute atomic E-state index is 10.5. The molecule has 3 aromatic rings. The van der Waals surface area contributed by atoms with E-state index in [1.165, 1.54) is 0 Å². The summed E-state index contributed by atoms with van der Waals surface area (Å²) in [4.78, 5) is 15.1. The fraction of sp³-hybridized carbons (Fsp3) is 0.435. The molecular formula is C23H29N7O. The second-order valence-corrected chi connectivity index (χ2v) is 9.51. The average molecular weight is 420 g/mol. The number of piperidine rings is 1. The van der Waals surface area contributed by atoms with Gasteiger partial charge in [-0.15, -0.1) is 10.2 Å². The molecule has 0 amide bonds. The van der Waals surface area contributed by atoms with Crippen LogP contribution < -0.4 is 10.2 Å². The number of nitrogens with one attached hydrogen (secondary N) is 1. The van der Waals surface area contributed by atoms with E-state index in [0.29, 0.717) is 23.3 Å². The van der Waals surface area contributed by atoms with Gasteiger partial charge >= 0.3 is 0 Å². The zero-order chi connectivity index (χ0) is 22.2. The van der Waals surface area contributed by atoms with Gasteiger partial charge in [-0.2, -0.15) is 0 Å². The molecule has 0 spiro atoms. The molecule has 162 valence electrons. The molecule has 1 aromatic carbocycles. The zero-order valence-corrected chi connectivity index (χ0v) is 18.7. The molecule has 1 fully saturated rings. The van der Waals surface area contributed by atoms with Crippen molar-refractivity contribution in [2.45, 2.75) is 57.7 Å². The first-order chi connectivity index (χ1) is 14.6. The minimum atomic E-state index is 0.0392. The lowest BCUT2D eigenvalue weighted by Gasteiger charge is -2.49. The summed E-state index contributed by atoms with van der Waals surface area (Å²) in [6, 6.07) is 7.30. The smallest absolute Gasteiger partial charge is 0.185 e. The highest BCUT2D eigenvalue weighted by molar-refractivity contribution is 5.70. The molecule has 0 unspecified atom stereocenters. The second kappa shape index (κ2) is 7.85. The third-order valence-electron chi connectivity index (χ3n) is 5.69. The molecular weight excluding hydrogens is 390 g/mol. The lowest BCUT2D eigenvalue weighted by atomic mass is 9.79. The summed E-state index contributed by atoms with van der Waals surface area (Å²) in [7, 11) is 2.04. The molecule has 3 heterocycles. The van der Waals surface area contributed by atoms with Crippen LogP contribution in [-0.4, -0.2) is 54.4 Å². The molecule has 8 heteroatoms. The summed E-state index contributed by atoms with van der Waals surface area (Å²) >= 11 is 0. The Balaban J connectivity index is 1.54. The molecule has 0 saturated carbocycles. The summed E-state index contributed by atoms with van der Waals surface area (Å²) in [5, 5.41) is 22.9. The number of phenols is 1. The van der Waals surface area contributed by atoms with E-state index in [1.54, 1.807) is 36.8 Å². The Bertz CT molecular complexity index is 1040. The third-order valence-corrected chi connectivity index (χ3v) is 5.69. The van der Waals surface area contributed by atoms with Crippen LogP contribution in [0.15, 0.2) is 42.9 Å². The Labute approximate surface area is 182 Å². The Kier molecular flexibility index (Phi) is 5.35. The maximum atomic E-state index is 10.5. The van der Waals surface area contributed by atoms with Gasteiger partial charge in [0.25, 0.3) is 0 Å². The fourth-order valence-corrected chi connectivity index (χ4v) is 4.59. The average Bonchev–Trinajstić information content (AvgIpc) is 2.72. The number of aromatic nitrogens is 5. The van der Waals surface area contributed by atoms with E-state index in [1.807, 2.05) is 13.1 Å². The second-order valence-electron chi connectivity index (χ2n) is 9.51. The van der Waals surface area contributed by atoms with Gasteiger partial charge in [-0.05, 0) is 58.7 Å². The number of anilines is 1. The van der Waals surface area contributed by atoms with Crippen molar-refractivity contribution in [3.8, 4) is 28.5 Å². The highest BCUT2D eigenvalue weighted by Crippen LogP contribution is 2.33. The van der Waals surface area contributed by atoms with Gasteiger partial charge in [0, 0.05) is 42.1 Å². The Morgan fingerprint density at radius 2 is 1.65 bits per heavy atom. The van der Waals surface area contributed by atoms with E-state index in [9.17, 15) is 5.11 Å². The zero-order valence-electron chi connectivity index (χ0n) is 18.7. The van der Waals surface area contributed by atoms with Crippen molar-refractivity contribution in [2.75, 3.05) is 11.9 Å². The standard InChI is InChI=1S/C23H29N7O/c1-22(2)12-16(13-23(3,4)29-22)30(5)19-14-26-21(28-27-19)17-8-7-15(11-18(17)31)20-24-9-6-10-25-20/h6-11,14,16,29,31H,12-13H2,1-5H3. The van der Waals surface area contributed by atoms with Gasteiger partial charge in [0.2, 0.25) is 0 Å². The predicted molar refractivity (Wildman–Crippen MR) is 121 cm³/mol. The van der Waals surface area contributed by atoms with E-state index >= 15 is 0 Å². The van der Waals surface area contributed by atoms with Crippen LogP contribution in [0.25, 0.3) is 22.8 Å². The first-order valence-corrected chi connectivity index (χ1v) is 10.5. The Hall–Kier alpha value is -3.13. The van der Waals surface area contributed by atoms with E-state index in [4.69, 9.17) is 0 Å². The highest BCUT2D eigenvalue weighted by Gasteiger charge is 2.39. The van der Waals surface area contributed by atoms with E-state index in [-0.39, 0.29) is 16.8 Å². The van der Waals surface area contributed by atoms with Crippen molar-refractivity contribution < 1.29 is 5.11 Å². The Morgan fingerprint density at radius 1 is 0.968 bits per heavy atom. The summed E-state index contributed by atoms with van der Waals surface area (Å²) < 4.78 is 0. The quantitative estimate of drug-likeness (QED) is 0.663. The van der Waals surface area contributed by atoms with Crippen molar-refractivity contribution in [1.82, 2.24) is 30.5 Å². The monoisotopic (exact) mass is 419 g/mol. The molecule has 2 aromatic heterocycles. The van der Waals surface area contributed by atoms with Gasteiger partial charge in [0.1, 0.15) is 5.75 Å². The number of hydrogen-bond acceptors (Lipinski definition) is 8. The summed E-state index contributed by atoms with van der Waals surface area (Å²) in [5.74, 6) is 1.71. The Morgan fingerprint density at radius 3 is 2.23 bits per heavy atom. The topological polar surface area (TPSA) is 100.0 Å². The number of phenolic OH excluding ortho intramolecular Hbond substituents is 1. The number of aromatic hydroxyl groups is 1. The lowest BCUT2D eigenvalue weighted by Crippen LogP contribution is -2.62. The largest absolute Gasteiger partial charge is 0.507 e. The van der Waals surface area contributed by atoms with Gasteiger partial charge in [-0.3, -0.25) is 0 Å². The van der Waals surface area contributed by atoms with E-state index < -0.39 is 0 Å². The van der Waals surface area contributed by atoms with Crippen LogP contribution in [0.3, 0.4) is 0 Å². The van der Waals surface area contributed by atoms with Crippen LogP contribution in [0, 0.1) is 0 Å². The molecule has 0 bridgehead atoms. The first kappa shape index (κ1) is 21.1. The van der Waals surface area contributed by atoms with Crippen LogP contribution in [0.1, 0.15) is 40.5 Å². The van der Waals surface area contributed by atoms with E-state index in [2.05, 4.69) is 63.1 Å². The number of rotatable bonds is 4. The van der Waals surface area contributed by atoms with Crippen LogP contribution >= 0.6 is 0 Å². The van der Waals surface area contributed by atoms with Gasteiger partial charge in [-0.25, -0.2) is 15.0 Å². The minimum Gasteiger partial charge on any atom is -0.507 e. The molecule has 1 saturated heterocycles. The molecule has 2 N–H and O–H groups in total. The van der Waals surface area contributed by atoms with Crippen LogP contribution in [0.5, 0.6) is 5.75 Å². The van der Waals surface area contributed by atoms with Gasteiger partial charge < -0.3 is 15.3 Å². The van der Waals surface area contributed by atoms with Crippen molar-refractivity contribution in [1.29, 1.82) is 0 Å². The minimum absolute atomic E-state index is 0.0392. The summed E-state index contributed by atoms with van der Waals surface area (Å²) in [6.45, 7) is 8.92. The molecule has 0 radical (unpaired) electrons. The van der Waals surface area contributed by atoms with Crippen LogP contribution in [0.4, 0.5) is 5.82 Å². The van der Waals surface area contributed by atoms with Crippen molar-refractivity contribution >= 4 is 5.82 Å². The van der Waals surface area contributed by atoms with Crippen molar-refractivity contribution in [3.05, 3.63) is 42.9 Å². The predicted octanol–water partition coefficient (Wildman–Crippen LogP) is 3.45. The lowest BCUT2D eigenvalue weighted by molar-refractivity contribution is 0.160. The van der Waals surface area contributed by atoms with Crippen molar-refractivity contribution in [2.24, 2.45) is 0 Å². The molecule has 4 rings (SSSR count). The molecule has 0 atom stereocenters.